The molecule has 0 atom stereocenters. The molecule has 9 heteroatoms. The number of pyridine rings is 1. The Morgan fingerprint density at radius 3 is 2.52 bits per heavy atom. The standard InChI is InChI=1S/C24H30F2N6S/c1-30(33-15-7-14-31-12-5-6-13-31)32(21-8-3-2-4-9-21)18-20-11-10-19(17-27-20)22-16-23(24(25)26)29-28-22/h2-4,8-11,17,24H,5-7,12-16,18H2,1H3. The molecule has 1 aromatic heterocycles. The summed E-state index contributed by atoms with van der Waals surface area (Å²) in [7, 11) is 2.08. The summed E-state index contributed by atoms with van der Waals surface area (Å²) in [5, 5.41) is 9.70. The van der Waals surface area contributed by atoms with Crippen LogP contribution in [-0.2, 0) is 6.54 Å². The molecule has 4 rings (SSSR count). The lowest BCUT2D eigenvalue weighted by atomic mass is 10.1. The quantitative estimate of drug-likeness (QED) is 0.265. The number of halogens is 2. The van der Waals surface area contributed by atoms with E-state index in [0.717, 1.165) is 35.7 Å². The Labute approximate surface area is 198 Å². The van der Waals surface area contributed by atoms with Gasteiger partial charge < -0.3 is 4.90 Å². The Hall–Kier alpha value is -2.36. The van der Waals surface area contributed by atoms with Crippen LogP contribution >= 0.6 is 11.9 Å². The lowest BCUT2D eigenvalue weighted by Crippen LogP contribution is -2.35. The minimum Gasteiger partial charge on any atom is -0.303 e. The minimum absolute atomic E-state index is 0.0750. The van der Waals surface area contributed by atoms with E-state index < -0.39 is 6.43 Å². The van der Waals surface area contributed by atoms with Crippen LogP contribution in [0.4, 0.5) is 14.5 Å². The van der Waals surface area contributed by atoms with Crippen LogP contribution in [0.2, 0.25) is 0 Å². The third kappa shape index (κ3) is 6.59. The second-order valence-corrected chi connectivity index (χ2v) is 9.44. The Morgan fingerprint density at radius 2 is 1.85 bits per heavy atom. The van der Waals surface area contributed by atoms with Gasteiger partial charge in [-0.15, -0.1) is 0 Å². The van der Waals surface area contributed by atoms with Crippen molar-refractivity contribution in [1.29, 1.82) is 0 Å². The second-order valence-electron chi connectivity index (χ2n) is 8.25. The highest BCUT2D eigenvalue weighted by Crippen LogP contribution is 2.24. The number of hydrogen-bond acceptors (Lipinski definition) is 7. The molecule has 0 aliphatic carbocycles. The van der Waals surface area contributed by atoms with Crippen LogP contribution < -0.4 is 5.01 Å². The first-order valence-electron chi connectivity index (χ1n) is 11.4. The highest BCUT2D eigenvalue weighted by Gasteiger charge is 2.22. The van der Waals surface area contributed by atoms with E-state index in [9.17, 15) is 8.78 Å². The number of likely N-dealkylation sites (tertiary alicyclic amines) is 1. The number of hydrogen-bond donors (Lipinski definition) is 0. The molecule has 33 heavy (non-hydrogen) atoms. The van der Waals surface area contributed by atoms with E-state index in [4.69, 9.17) is 0 Å². The van der Waals surface area contributed by atoms with E-state index in [1.54, 1.807) is 6.20 Å². The lowest BCUT2D eigenvalue weighted by Gasteiger charge is -2.33. The fourth-order valence-electron chi connectivity index (χ4n) is 4.00. The first-order valence-corrected chi connectivity index (χ1v) is 12.3. The SMILES string of the molecule is CN(SCCCN1CCCC1)N(Cc1ccc(C2=NN=C(C(F)F)C2)cn1)c1ccccc1. The Morgan fingerprint density at radius 1 is 1.06 bits per heavy atom. The zero-order valence-corrected chi connectivity index (χ0v) is 19.7. The number of aromatic nitrogens is 1. The van der Waals surface area contributed by atoms with Crippen molar-refractivity contribution in [3.63, 3.8) is 0 Å². The van der Waals surface area contributed by atoms with Crippen molar-refractivity contribution in [2.75, 3.05) is 37.4 Å². The number of para-hydroxylation sites is 1. The monoisotopic (exact) mass is 472 g/mol. The number of anilines is 1. The van der Waals surface area contributed by atoms with Gasteiger partial charge in [-0.05, 0) is 63.2 Å². The minimum atomic E-state index is -2.57. The van der Waals surface area contributed by atoms with Crippen LogP contribution in [0, 0.1) is 0 Å². The molecule has 2 aromatic rings. The smallest absolute Gasteiger partial charge is 0.278 e. The maximum atomic E-state index is 12.8. The van der Waals surface area contributed by atoms with Crippen molar-refractivity contribution < 1.29 is 8.78 Å². The predicted molar refractivity (Wildman–Crippen MR) is 132 cm³/mol. The Bertz CT molecular complexity index is 945. The van der Waals surface area contributed by atoms with Crippen LogP contribution in [0.1, 0.15) is 36.9 Å². The first-order chi connectivity index (χ1) is 16.1. The van der Waals surface area contributed by atoms with E-state index in [2.05, 4.69) is 48.7 Å². The molecule has 0 amide bonds. The topological polar surface area (TPSA) is 47.3 Å². The summed E-state index contributed by atoms with van der Waals surface area (Å²) in [4.78, 5) is 7.13. The predicted octanol–water partition coefficient (Wildman–Crippen LogP) is 4.88. The number of rotatable bonds is 11. The third-order valence-electron chi connectivity index (χ3n) is 5.86. The fraction of sp³-hybridized carbons (Fsp3) is 0.458. The maximum Gasteiger partial charge on any atom is 0.278 e. The number of nitrogens with zero attached hydrogens (tertiary/aromatic N) is 6. The summed E-state index contributed by atoms with van der Waals surface area (Å²) >= 11 is 1.81. The van der Waals surface area contributed by atoms with Crippen molar-refractivity contribution in [2.24, 2.45) is 10.2 Å². The molecular weight excluding hydrogens is 442 g/mol. The second kappa shape index (κ2) is 11.7. The molecule has 0 radical (unpaired) electrons. The van der Waals surface area contributed by atoms with Gasteiger partial charge in [0.05, 0.1) is 23.6 Å². The van der Waals surface area contributed by atoms with Crippen LogP contribution in [0.5, 0.6) is 0 Å². The molecule has 0 N–H and O–H groups in total. The van der Waals surface area contributed by atoms with Gasteiger partial charge in [0.25, 0.3) is 6.43 Å². The molecule has 0 saturated carbocycles. The third-order valence-corrected chi connectivity index (χ3v) is 6.90. The van der Waals surface area contributed by atoms with Crippen molar-refractivity contribution >= 4 is 29.1 Å². The van der Waals surface area contributed by atoms with E-state index >= 15 is 0 Å². The molecule has 2 aliphatic heterocycles. The summed E-state index contributed by atoms with van der Waals surface area (Å²) < 4.78 is 27.8. The zero-order chi connectivity index (χ0) is 23.0. The van der Waals surface area contributed by atoms with E-state index in [1.807, 2.05) is 42.3 Å². The normalized spacial score (nSPS) is 16.5. The molecule has 1 aromatic carbocycles. The summed E-state index contributed by atoms with van der Waals surface area (Å²) in [6, 6.07) is 14.1. The summed E-state index contributed by atoms with van der Waals surface area (Å²) in [6.07, 6.45) is 3.02. The van der Waals surface area contributed by atoms with Crippen molar-refractivity contribution in [1.82, 2.24) is 14.3 Å². The Kier molecular flexibility index (Phi) is 8.41. The largest absolute Gasteiger partial charge is 0.303 e. The first kappa shape index (κ1) is 23.8. The van der Waals surface area contributed by atoms with Gasteiger partial charge in [-0.25, -0.2) is 8.78 Å². The zero-order valence-electron chi connectivity index (χ0n) is 18.9. The van der Waals surface area contributed by atoms with Gasteiger partial charge in [0.15, 0.2) is 0 Å². The summed E-state index contributed by atoms with van der Waals surface area (Å²) in [6.45, 7) is 4.24. The summed E-state index contributed by atoms with van der Waals surface area (Å²) in [5.41, 5.74) is 3.06. The lowest BCUT2D eigenvalue weighted by molar-refractivity contribution is 0.224. The van der Waals surface area contributed by atoms with Gasteiger partial charge in [0, 0.05) is 31.0 Å². The summed E-state index contributed by atoms with van der Waals surface area (Å²) in [5.74, 6) is 1.05. The number of alkyl halides is 2. The molecule has 6 nitrogen and oxygen atoms in total. The average Bonchev–Trinajstić information content (AvgIpc) is 3.54. The molecule has 3 heterocycles. The van der Waals surface area contributed by atoms with Crippen molar-refractivity contribution in [3.8, 4) is 0 Å². The molecule has 176 valence electrons. The molecule has 0 unspecified atom stereocenters. The van der Waals surface area contributed by atoms with Crippen LogP contribution in [0.15, 0.2) is 58.9 Å². The molecule has 1 fully saturated rings. The van der Waals surface area contributed by atoms with Crippen LogP contribution in [-0.4, -0.2) is 64.6 Å². The van der Waals surface area contributed by atoms with E-state index in [-0.39, 0.29) is 12.1 Å². The van der Waals surface area contributed by atoms with Crippen LogP contribution in [0.3, 0.4) is 0 Å². The Balaban J connectivity index is 1.36. The van der Waals surface area contributed by atoms with E-state index in [1.165, 1.54) is 25.9 Å². The molecule has 1 saturated heterocycles. The van der Waals surface area contributed by atoms with Crippen LogP contribution in [0.25, 0.3) is 0 Å². The number of hydrazine groups is 1. The van der Waals surface area contributed by atoms with Crippen molar-refractivity contribution in [2.45, 2.75) is 38.7 Å². The molecular formula is C24H30F2N6S. The van der Waals surface area contributed by atoms with Gasteiger partial charge in [-0.3, -0.25) is 9.99 Å². The fourth-order valence-corrected chi connectivity index (χ4v) is 4.82. The van der Waals surface area contributed by atoms with Gasteiger partial charge in [0.2, 0.25) is 0 Å². The molecule has 0 spiro atoms. The van der Waals surface area contributed by atoms with E-state index in [0.29, 0.717) is 12.3 Å². The molecule has 0 bridgehead atoms. The van der Waals surface area contributed by atoms with Gasteiger partial charge in [0.1, 0.15) is 5.71 Å². The maximum absolute atomic E-state index is 12.8. The average molecular weight is 473 g/mol. The highest BCUT2D eigenvalue weighted by atomic mass is 32.2. The van der Waals surface area contributed by atoms with Crippen molar-refractivity contribution in [3.05, 3.63) is 59.9 Å². The van der Waals surface area contributed by atoms with Gasteiger partial charge in [-0.1, -0.05) is 30.1 Å². The highest BCUT2D eigenvalue weighted by molar-refractivity contribution is 7.97. The van der Waals surface area contributed by atoms with Gasteiger partial charge in [-0.2, -0.15) is 14.6 Å². The molecule has 2 aliphatic rings. The van der Waals surface area contributed by atoms with Gasteiger partial charge >= 0.3 is 0 Å². The number of benzene rings is 1.